The molecule has 0 aliphatic rings. The molecule has 0 unspecified atom stereocenters. The maximum absolute atomic E-state index is 6.12. The summed E-state index contributed by atoms with van der Waals surface area (Å²) >= 11 is 1.66. The highest BCUT2D eigenvalue weighted by Gasteiger charge is 2.13. The second-order valence-corrected chi connectivity index (χ2v) is 7.29. The minimum Gasteiger partial charge on any atom is -0.488 e. The molecule has 3 rings (SSSR count). The molecule has 3 nitrogen and oxygen atoms in total. The van der Waals surface area contributed by atoms with E-state index in [2.05, 4.69) is 49.6 Å². The Morgan fingerprint density at radius 3 is 2.64 bits per heavy atom. The number of ether oxygens (including phenoxy) is 1. The largest absolute Gasteiger partial charge is 0.488 e. The van der Waals surface area contributed by atoms with Crippen LogP contribution < -0.4 is 10.5 Å². The fourth-order valence-electron chi connectivity index (χ4n) is 2.64. The van der Waals surface area contributed by atoms with E-state index in [1.54, 1.807) is 11.3 Å². The van der Waals surface area contributed by atoms with Crippen LogP contribution in [-0.4, -0.2) is 11.5 Å². The zero-order valence-corrected chi connectivity index (χ0v) is 15.6. The Labute approximate surface area is 153 Å². The van der Waals surface area contributed by atoms with Crippen molar-refractivity contribution in [2.45, 2.75) is 32.8 Å². The van der Waals surface area contributed by atoms with E-state index in [1.165, 1.54) is 5.56 Å². The van der Waals surface area contributed by atoms with E-state index < -0.39 is 0 Å². The van der Waals surface area contributed by atoms with E-state index in [1.807, 2.05) is 18.2 Å². The first kappa shape index (κ1) is 17.6. The van der Waals surface area contributed by atoms with Crippen molar-refractivity contribution in [2.24, 2.45) is 5.73 Å². The molecule has 0 amide bonds. The van der Waals surface area contributed by atoms with Gasteiger partial charge in [-0.15, -0.1) is 11.3 Å². The van der Waals surface area contributed by atoms with E-state index in [9.17, 15) is 0 Å². The van der Waals surface area contributed by atoms with Gasteiger partial charge in [0.25, 0.3) is 0 Å². The molecular formula is C21H24N2OS. The van der Waals surface area contributed by atoms with Gasteiger partial charge in [0.2, 0.25) is 0 Å². The van der Waals surface area contributed by atoms with Crippen LogP contribution in [0.15, 0.2) is 53.9 Å². The Bertz CT molecular complexity index is 812. The van der Waals surface area contributed by atoms with Crippen LogP contribution in [0.3, 0.4) is 0 Å². The van der Waals surface area contributed by atoms with E-state index in [4.69, 9.17) is 15.5 Å². The minimum absolute atomic E-state index is 0.462. The van der Waals surface area contributed by atoms with Gasteiger partial charge in [0, 0.05) is 17.4 Å². The van der Waals surface area contributed by atoms with Gasteiger partial charge in [0.15, 0.2) is 0 Å². The van der Waals surface area contributed by atoms with E-state index in [0.717, 1.165) is 34.0 Å². The standard InChI is InChI=1S/C21H24N2OS/c1-15(2)17-8-9-20(24-13-16-6-4-3-5-7-16)18(12-17)19-14-25-21(23-19)10-11-22/h3-9,12,14-15H,10-11,13,22H2,1-2H3. The monoisotopic (exact) mass is 352 g/mol. The van der Waals surface area contributed by atoms with Crippen molar-refractivity contribution in [2.75, 3.05) is 6.54 Å². The molecule has 0 fully saturated rings. The average Bonchev–Trinajstić information content (AvgIpc) is 3.09. The fourth-order valence-corrected chi connectivity index (χ4v) is 3.46. The number of benzene rings is 2. The molecular weight excluding hydrogens is 328 g/mol. The normalized spacial score (nSPS) is 11.0. The van der Waals surface area contributed by atoms with Gasteiger partial charge in [-0.1, -0.05) is 50.2 Å². The van der Waals surface area contributed by atoms with E-state index >= 15 is 0 Å². The lowest BCUT2D eigenvalue weighted by Crippen LogP contribution is -2.02. The number of nitrogens with zero attached hydrogens (tertiary/aromatic N) is 1. The van der Waals surface area contributed by atoms with Crippen molar-refractivity contribution >= 4 is 11.3 Å². The van der Waals surface area contributed by atoms with Gasteiger partial charge in [0.1, 0.15) is 12.4 Å². The summed E-state index contributed by atoms with van der Waals surface area (Å²) in [6.45, 7) is 5.57. The predicted octanol–water partition coefficient (Wildman–Crippen LogP) is 5.01. The van der Waals surface area contributed by atoms with Crippen LogP contribution in [0.2, 0.25) is 0 Å². The molecule has 0 aliphatic heterocycles. The number of nitrogens with two attached hydrogens (primary N) is 1. The lowest BCUT2D eigenvalue weighted by molar-refractivity contribution is 0.307. The van der Waals surface area contributed by atoms with Gasteiger partial charge in [-0.25, -0.2) is 4.98 Å². The van der Waals surface area contributed by atoms with Crippen molar-refractivity contribution in [1.82, 2.24) is 4.98 Å². The molecule has 2 N–H and O–H groups in total. The van der Waals surface area contributed by atoms with Gasteiger partial charge < -0.3 is 10.5 Å². The molecule has 1 heterocycles. The third kappa shape index (κ3) is 4.47. The third-order valence-corrected chi connectivity index (χ3v) is 5.00. The Morgan fingerprint density at radius 1 is 1.12 bits per heavy atom. The van der Waals surface area contributed by atoms with Crippen molar-refractivity contribution in [1.29, 1.82) is 0 Å². The van der Waals surface area contributed by atoms with Crippen LogP contribution in [0.4, 0.5) is 0 Å². The summed E-state index contributed by atoms with van der Waals surface area (Å²) in [6, 6.07) is 16.6. The summed E-state index contributed by atoms with van der Waals surface area (Å²) in [5.74, 6) is 1.34. The first-order valence-electron chi connectivity index (χ1n) is 8.63. The van der Waals surface area contributed by atoms with E-state index in [-0.39, 0.29) is 0 Å². The number of aromatic nitrogens is 1. The number of hydrogen-bond donors (Lipinski definition) is 1. The number of rotatable bonds is 7. The van der Waals surface area contributed by atoms with Crippen molar-refractivity contribution in [3.8, 4) is 17.0 Å². The summed E-state index contributed by atoms with van der Waals surface area (Å²) in [7, 11) is 0. The third-order valence-electron chi connectivity index (χ3n) is 4.09. The Morgan fingerprint density at radius 2 is 1.92 bits per heavy atom. The molecule has 25 heavy (non-hydrogen) atoms. The van der Waals surface area contributed by atoms with Gasteiger partial charge >= 0.3 is 0 Å². The van der Waals surface area contributed by atoms with Crippen LogP contribution in [0.1, 0.15) is 35.9 Å². The van der Waals surface area contributed by atoms with Gasteiger partial charge in [-0.3, -0.25) is 0 Å². The van der Waals surface area contributed by atoms with Crippen LogP contribution >= 0.6 is 11.3 Å². The zero-order valence-electron chi connectivity index (χ0n) is 14.7. The molecule has 0 spiro atoms. The number of thiazole rings is 1. The topological polar surface area (TPSA) is 48.1 Å². The highest BCUT2D eigenvalue weighted by atomic mass is 32.1. The highest BCUT2D eigenvalue weighted by molar-refractivity contribution is 7.09. The van der Waals surface area contributed by atoms with Crippen LogP contribution in [-0.2, 0) is 13.0 Å². The van der Waals surface area contributed by atoms with Crippen LogP contribution in [0, 0.1) is 0 Å². The van der Waals surface area contributed by atoms with Crippen molar-refractivity contribution < 1.29 is 4.74 Å². The summed E-state index contributed by atoms with van der Waals surface area (Å²) < 4.78 is 6.12. The predicted molar refractivity (Wildman–Crippen MR) is 105 cm³/mol. The van der Waals surface area contributed by atoms with Crippen molar-refractivity contribution in [3.05, 3.63) is 70.0 Å². The molecule has 130 valence electrons. The second-order valence-electron chi connectivity index (χ2n) is 6.35. The summed E-state index contributed by atoms with van der Waals surface area (Å²) in [4.78, 5) is 4.74. The SMILES string of the molecule is CC(C)c1ccc(OCc2ccccc2)c(-c2csc(CCN)n2)c1. The molecule has 0 bridgehead atoms. The molecule has 3 aromatic rings. The van der Waals surface area contributed by atoms with Gasteiger partial charge in [-0.05, 0) is 35.7 Å². The fraction of sp³-hybridized carbons (Fsp3) is 0.286. The zero-order chi connectivity index (χ0) is 17.6. The van der Waals surface area contributed by atoms with Crippen molar-refractivity contribution in [3.63, 3.8) is 0 Å². The summed E-state index contributed by atoms with van der Waals surface area (Å²) in [5, 5.41) is 3.17. The first-order valence-corrected chi connectivity index (χ1v) is 9.51. The molecule has 0 saturated carbocycles. The second kappa shape index (κ2) is 8.28. The molecule has 0 radical (unpaired) electrons. The van der Waals surface area contributed by atoms with Gasteiger partial charge in [-0.2, -0.15) is 0 Å². The maximum Gasteiger partial charge on any atom is 0.129 e. The maximum atomic E-state index is 6.12. The first-order chi connectivity index (χ1) is 12.2. The van der Waals surface area contributed by atoms with E-state index in [0.29, 0.717) is 19.1 Å². The molecule has 0 aliphatic carbocycles. The molecule has 2 aromatic carbocycles. The molecule has 0 saturated heterocycles. The molecule has 0 atom stereocenters. The summed E-state index contributed by atoms with van der Waals surface area (Å²) in [6.07, 6.45) is 0.814. The molecule has 4 heteroatoms. The Balaban J connectivity index is 1.90. The number of hydrogen-bond acceptors (Lipinski definition) is 4. The average molecular weight is 353 g/mol. The minimum atomic E-state index is 0.462. The summed E-state index contributed by atoms with van der Waals surface area (Å²) in [5.41, 5.74) is 10.1. The quantitative estimate of drug-likeness (QED) is 0.650. The molecule has 1 aromatic heterocycles. The smallest absolute Gasteiger partial charge is 0.129 e. The van der Waals surface area contributed by atoms with Gasteiger partial charge in [0.05, 0.1) is 10.7 Å². The van der Waals surface area contributed by atoms with Crippen LogP contribution in [0.25, 0.3) is 11.3 Å². The highest BCUT2D eigenvalue weighted by Crippen LogP contribution is 2.34. The Kier molecular flexibility index (Phi) is 5.84. The Hall–Kier alpha value is -2.17. The lowest BCUT2D eigenvalue weighted by Gasteiger charge is -2.14. The van der Waals surface area contributed by atoms with Crippen LogP contribution in [0.5, 0.6) is 5.75 Å². The lowest BCUT2D eigenvalue weighted by atomic mass is 9.99.